The molecule has 8 nitrogen and oxygen atoms in total. The first kappa shape index (κ1) is 27.0. The van der Waals surface area contributed by atoms with Crippen LogP contribution in [0.25, 0.3) is 10.2 Å². The van der Waals surface area contributed by atoms with E-state index in [0.717, 1.165) is 60.7 Å². The Hall–Kier alpha value is -2.05. The van der Waals surface area contributed by atoms with Crippen LogP contribution in [0.3, 0.4) is 0 Å². The molecule has 2 aromatic carbocycles. The van der Waals surface area contributed by atoms with Crippen LogP contribution in [0.1, 0.15) is 30.1 Å². The van der Waals surface area contributed by atoms with Crippen LogP contribution in [0, 0.1) is 0 Å². The maximum Gasteiger partial charge on any atom is 0.251 e. The second-order valence-electron chi connectivity index (χ2n) is 8.90. The lowest BCUT2D eigenvalue weighted by Crippen LogP contribution is -2.48. The summed E-state index contributed by atoms with van der Waals surface area (Å²) in [5.41, 5.74) is 1.48. The number of thiazole rings is 1. The SMILES string of the molecule is CCCCN(C)S(=O)(=O)c1ccc(C(=O)NCCN2CCN(c3nc4ccc(Br)cc4s3)CC2)cc1. The quantitative estimate of drug-likeness (QED) is 0.382. The summed E-state index contributed by atoms with van der Waals surface area (Å²) in [7, 11) is -1.95. The summed E-state index contributed by atoms with van der Waals surface area (Å²) < 4.78 is 28.9. The van der Waals surface area contributed by atoms with Crippen LogP contribution in [0.15, 0.2) is 51.8 Å². The highest BCUT2D eigenvalue weighted by atomic mass is 79.9. The van der Waals surface area contributed by atoms with E-state index in [2.05, 4.69) is 37.1 Å². The number of sulfonamides is 1. The number of rotatable bonds is 10. The molecule has 1 aliphatic rings. The Kier molecular flexibility index (Phi) is 9.00. The average Bonchev–Trinajstić information content (AvgIpc) is 3.30. The fourth-order valence-corrected chi connectivity index (χ4v) is 6.85. The molecule has 0 spiro atoms. The van der Waals surface area contributed by atoms with E-state index >= 15 is 0 Å². The van der Waals surface area contributed by atoms with Gasteiger partial charge in [0.05, 0.1) is 15.1 Å². The molecule has 2 heterocycles. The molecule has 0 aliphatic carbocycles. The molecule has 11 heteroatoms. The summed E-state index contributed by atoms with van der Waals surface area (Å²) in [5, 5.41) is 4.01. The topological polar surface area (TPSA) is 85.8 Å². The molecule has 1 N–H and O–H groups in total. The summed E-state index contributed by atoms with van der Waals surface area (Å²) in [4.78, 5) is 22.2. The van der Waals surface area contributed by atoms with E-state index in [1.54, 1.807) is 30.5 Å². The number of anilines is 1. The minimum atomic E-state index is -3.53. The number of halogens is 1. The Morgan fingerprint density at radius 3 is 2.56 bits per heavy atom. The number of benzene rings is 2. The van der Waals surface area contributed by atoms with Gasteiger partial charge in [0.25, 0.3) is 5.91 Å². The first-order valence-corrected chi connectivity index (χ1v) is 15.2. The number of piperazine rings is 1. The third-order valence-electron chi connectivity index (χ3n) is 6.35. The normalized spacial score (nSPS) is 15.1. The first-order valence-electron chi connectivity index (χ1n) is 12.2. The number of carbonyl (C=O) groups is 1. The molecule has 194 valence electrons. The molecular formula is C25H32BrN5O3S2. The van der Waals surface area contributed by atoms with E-state index in [1.165, 1.54) is 21.1 Å². The third kappa shape index (κ3) is 6.44. The molecule has 1 aromatic heterocycles. The molecule has 1 amide bonds. The predicted molar refractivity (Wildman–Crippen MR) is 149 cm³/mol. The maximum absolute atomic E-state index is 12.7. The molecule has 0 saturated carbocycles. The molecule has 4 rings (SSSR count). The van der Waals surface area contributed by atoms with Gasteiger partial charge in [0, 0.05) is 62.9 Å². The van der Waals surface area contributed by atoms with Crippen LogP contribution in [-0.2, 0) is 10.0 Å². The minimum absolute atomic E-state index is 0.197. The highest BCUT2D eigenvalue weighted by Gasteiger charge is 2.22. The average molecular weight is 595 g/mol. The standard InChI is InChI=1S/C25H32BrN5O3S2/c1-3-4-12-29(2)36(33,34)21-8-5-19(6-9-21)24(32)27-11-13-30-14-16-31(17-15-30)25-28-22-10-7-20(26)18-23(22)35-25/h5-10,18H,3-4,11-17H2,1-2H3,(H,27,32). The number of amides is 1. The van der Waals surface area contributed by atoms with Gasteiger partial charge in [-0.1, -0.05) is 40.6 Å². The zero-order chi connectivity index (χ0) is 25.7. The number of hydrogen-bond acceptors (Lipinski definition) is 7. The Balaban J connectivity index is 1.22. The van der Waals surface area contributed by atoms with Crippen molar-refractivity contribution in [1.29, 1.82) is 0 Å². The van der Waals surface area contributed by atoms with Gasteiger partial charge >= 0.3 is 0 Å². The van der Waals surface area contributed by atoms with Crippen molar-refractivity contribution in [2.75, 3.05) is 57.8 Å². The van der Waals surface area contributed by atoms with Gasteiger partial charge in [-0.05, 0) is 48.9 Å². The van der Waals surface area contributed by atoms with Gasteiger partial charge in [-0.25, -0.2) is 17.7 Å². The highest BCUT2D eigenvalue weighted by Crippen LogP contribution is 2.31. The zero-order valence-electron chi connectivity index (χ0n) is 20.6. The fourth-order valence-electron chi connectivity index (χ4n) is 4.07. The van der Waals surface area contributed by atoms with Gasteiger partial charge in [-0.15, -0.1) is 0 Å². The van der Waals surface area contributed by atoms with Gasteiger partial charge in [-0.3, -0.25) is 9.69 Å². The number of carbonyl (C=O) groups excluding carboxylic acids is 1. The van der Waals surface area contributed by atoms with E-state index in [0.29, 0.717) is 18.7 Å². The Labute approximate surface area is 225 Å². The van der Waals surface area contributed by atoms with Crippen molar-refractivity contribution in [1.82, 2.24) is 19.5 Å². The molecule has 36 heavy (non-hydrogen) atoms. The van der Waals surface area contributed by atoms with E-state index in [-0.39, 0.29) is 10.8 Å². The fraction of sp³-hybridized carbons (Fsp3) is 0.440. The van der Waals surface area contributed by atoms with Gasteiger partial charge in [0.15, 0.2) is 5.13 Å². The summed E-state index contributed by atoms with van der Waals surface area (Å²) in [6.07, 6.45) is 1.74. The van der Waals surface area contributed by atoms with Gasteiger partial charge in [-0.2, -0.15) is 0 Å². The monoisotopic (exact) mass is 593 g/mol. The summed E-state index contributed by atoms with van der Waals surface area (Å²) >= 11 is 5.24. The van der Waals surface area contributed by atoms with Gasteiger partial charge < -0.3 is 10.2 Å². The summed E-state index contributed by atoms with van der Waals surface area (Å²) in [5.74, 6) is -0.197. The molecule has 1 fully saturated rings. The first-order chi connectivity index (χ1) is 17.3. The van der Waals surface area contributed by atoms with Crippen LogP contribution >= 0.6 is 27.3 Å². The largest absolute Gasteiger partial charge is 0.351 e. The molecule has 1 saturated heterocycles. The van der Waals surface area contributed by atoms with Crippen molar-refractivity contribution in [2.45, 2.75) is 24.7 Å². The van der Waals surface area contributed by atoms with Crippen molar-refractivity contribution < 1.29 is 13.2 Å². The Morgan fingerprint density at radius 2 is 1.86 bits per heavy atom. The van der Waals surface area contributed by atoms with Crippen LogP contribution in [0.5, 0.6) is 0 Å². The van der Waals surface area contributed by atoms with Crippen LogP contribution in [0.2, 0.25) is 0 Å². The van der Waals surface area contributed by atoms with E-state index in [1.807, 2.05) is 19.1 Å². The lowest BCUT2D eigenvalue weighted by molar-refractivity contribution is 0.0947. The molecular weight excluding hydrogens is 562 g/mol. The number of nitrogens with zero attached hydrogens (tertiary/aromatic N) is 4. The maximum atomic E-state index is 12.7. The van der Waals surface area contributed by atoms with Gasteiger partial charge in [0.2, 0.25) is 10.0 Å². The van der Waals surface area contributed by atoms with E-state index < -0.39 is 10.0 Å². The highest BCUT2D eigenvalue weighted by molar-refractivity contribution is 9.10. The third-order valence-corrected chi connectivity index (χ3v) is 9.79. The summed E-state index contributed by atoms with van der Waals surface area (Å²) in [6, 6.07) is 12.3. The summed E-state index contributed by atoms with van der Waals surface area (Å²) in [6.45, 7) is 7.43. The van der Waals surface area contributed by atoms with Crippen molar-refractivity contribution >= 4 is 58.5 Å². The van der Waals surface area contributed by atoms with Crippen molar-refractivity contribution in [3.8, 4) is 0 Å². The van der Waals surface area contributed by atoms with Crippen molar-refractivity contribution in [3.63, 3.8) is 0 Å². The lowest BCUT2D eigenvalue weighted by atomic mass is 10.2. The Morgan fingerprint density at radius 1 is 1.14 bits per heavy atom. The number of fused-ring (bicyclic) bond motifs is 1. The van der Waals surface area contributed by atoms with Crippen LogP contribution in [0.4, 0.5) is 5.13 Å². The van der Waals surface area contributed by atoms with Gasteiger partial charge in [0.1, 0.15) is 0 Å². The van der Waals surface area contributed by atoms with Crippen LogP contribution in [-0.4, -0.2) is 81.4 Å². The smallest absolute Gasteiger partial charge is 0.251 e. The second kappa shape index (κ2) is 12.0. The molecule has 0 radical (unpaired) electrons. The molecule has 3 aromatic rings. The molecule has 0 bridgehead atoms. The van der Waals surface area contributed by atoms with Crippen LogP contribution < -0.4 is 10.2 Å². The number of aromatic nitrogens is 1. The predicted octanol–water partition coefficient (Wildman–Crippen LogP) is 4.03. The molecule has 0 atom stereocenters. The van der Waals surface area contributed by atoms with Crippen molar-refractivity contribution in [2.24, 2.45) is 0 Å². The second-order valence-corrected chi connectivity index (χ2v) is 12.9. The lowest BCUT2D eigenvalue weighted by Gasteiger charge is -2.34. The number of nitrogens with one attached hydrogen (secondary N) is 1. The number of hydrogen-bond donors (Lipinski definition) is 1. The molecule has 0 unspecified atom stereocenters. The Bertz CT molecular complexity index is 1290. The minimum Gasteiger partial charge on any atom is -0.351 e. The van der Waals surface area contributed by atoms with E-state index in [4.69, 9.17) is 4.98 Å². The zero-order valence-corrected chi connectivity index (χ0v) is 23.8. The number of unbranched alkanes of at least 4 members (excludes halogenated alkanes) is 1. The van der Waals surface area contributed by atoms with E-state index in [9.17, 15) is 13.2 Å². The molecule has 1 aliphatic heterocycles. The van der Waals surface area contributed by atoms with Crippen molar-refractivity contribution in [3.05, 3.63) is 52.5 Å².